The molecular weight excluding hydrogens is 498 g/mol. The Balaban J connectivity index is 1.86. The Morgan fingerprint density at radius 1 is 1.17 bits per heavy atom. The van der Waals surface area contributed by atoms with Gasteiger partial charge >= 0.3 is 0 Å². The zero-order valence-corrected chi connectivity index (χ0v) is 22.6. The highest BCUT2D eigenvalue weighted by molar-refractivity contribution is 7.92. The molecule has 192 valence electrons. The van der Waals surface area contributed by atoms with Gasteiger partial charge in [0.15, 0.2) is 5.11 Å². The topological polar surface area (TPSA) is 97.7 Å². The van der Waals surface area contributed by atoms with Gasteiger partial charge in [-0.2, -0.15) is 0 Å². The quantitative estimate of drug-likeness (QED) is 0.405. The Morgan fingerprint density at radius 3 is 2.58 bits per heavy atom. The summed E-state index contributed by atoms with van der Waals surface area (Å²) < 4.78 is 39.5. The molecule has 0 spiro atoms. The highest BCUT2D eigenvalue weighted by Gasteiger charge is 2.42. The molecule has 2 atom stereocenters. The van der Waals surface area contributed by atoms with Crippen LogP contribution in [0.5, 0.6) is 5.75 Å². The maximum atomic E-state index is 12.0. The summed E-state index contributed by atoms with van der Waals surface area (Å²) in [6.45, 7) is 5.51. The fourth-order valence-electron chi connectivity index (χ4n) is 4.73. The second-order valence-corrected chi connectivity index (χ2v) is 10.9. The van der Waals surface area contributed by atoms with Crippen LogP contribution in [0.1, 0.15) is 34.7 Å². The van der Waals surface area contributed by atoms with Crippen LogP contribution in [0.2, 0.25) is 0 Å². The van der Waals surface area contributed by atoms with Gasteiger partial charge in [-0.1, -0.05) is 6.07 Å². The first-order chi connectivity index (χ1) is 17.1. The summed E-state index contributed by atoms with van der Waals surface area (Å²) in [6, 6.07) is 12.9. The van der Waals surface area contributed by atoms with E-state index in [0.717, 1.165) is 41.1 Å². The molecule has 11 heteroatoms. The normalized spacial score (nSPS) is 17.8. The summed E-state index contributed by atoms with van der Waals surface area (Å²) in [5.74, 6) is 0.415. The molecule has 1 saturated heterocycles. The average molecular weight is 530 g/mol. The van der Waals surface area contributed by atoms with Gasteiger partial charge in [-0.3, -0.25) is 9.71 Å². The number of benzene rings is 1. The molecule has 36 heavy (non-hydrogen) atoms. The number of pyridine rings is 1. The zero-order valence-electron chi connectivity index (χ0n) is 21.0. The number of anilines is 2. The average Bonchev–Trinajstić information content (AvgIpc) is 3.32. The molecule has 9 nitrogen and oxygen atoms in total. The number of nitrogens with zero attached hydrogens (tertiary/aromatic N) is 3. The minimum absolute atomic E-state index is 0.219. The van der Waals surface area contributed by atoms with Crippen molar-refractivity contribution in [2.45, 2.75) is 32.5 Å². The molecule has 4 rings (SSSR count). The van der Waals surface area contributed by atoms with Crippen molar-refractivity contribution < 1.29 is 17.9 Å². The van der Waals surface area contributed by atoms with Crippen molar-refractivity contribution in [3.8, 4) is 5.75 Å². The molecule has 0 saturated carbocycles. The van der Waals surface area contributed by atoms with E-state index in [1.807, 2.05) is 29.2 Å². The number of hydrogen-bond acceptors (Lipinski definition) is 6. The predicted octanol–water partition coefficient (Wildman–Crippen LogP) is 3.70. The third-order valence-electron chi connectivity index (χ3n) is 6.31. The molecule has 2 N–H and O–H groups in total. The summed E-state index contributed by atoms with van der Waals surface area (Å²) in [7, 11) is -0.330. The van der Waals surface area contributed by atoms with Crippen LogP contribution >= 0.6 is 12.2 Å². The molecule has 0 amide bonds. The summed E-state index contributed by atoms with van der Waals surface area (Å²) in [6.07, 6.45) is 2.87. The van der Waals surface area contributed by atoms with Crippen LogP contribution in [-0.2, 0) is 21.3 Å². The lowest BCUT2D eigenvalue weighted by Crippen LogP contribution is -2.29. The Hall–Kier alpha value is -3.15. The third-order valence-corrected chi connectivity index (χ3v) is 7.21. The Labute approximate surface area is 217 Å². The molecule has 1 aliphatic rings. The van der Waals surface area contributed by atoms with Gasteiger partial charge in [-0.25, -0.2) is 8.42 Å². The minimum Gasteiger partial charge on any atom is -0.495 e. The van der Waals surface area contributed by atoms with Gasteiger partial charge in [0.2, 0.25) is 10.0 Å². The fraction of sp³-hybridized carbons (Fsp3) is 0.360. The summed E-state index contributed by atoms with van der Waals surface area (Å²) in [5.41, 5.74) is 5.24. The van der Waals surface area contributed by atoms with Gasteiger partial charge in [0.1, 0.15) is 5.75 Å². The Morgan fingerprint density at radius 2 is 1.94 bits per heavy atom. The molecule has 2 aromatic heterocycles. The number of nitrogens with one attached hydrogen (secondary N) is 2. The smallest absolute Gasteiger partial charge is 0.229 e. The number of aryl methyl sites for hydroxylation is 1. The SMILES string of the molecule is COCCn1c(C)cc([C@H]2[C@H](c3ccccn3)NC(=S)N2c2ccc(OC)c(NS(C)(=O)=O)c2)c1C. The summed E-state index contributed by atoms with van der Waals surface area (Å²) in [5, 5.41) is 3.97. The third kappa shape index (κ3) is 5.18. The van der Waals surface area contributed by atoms with Crippen molar-refractivity contribution in [1.82, 2.24) is 14.9 Å². The maximum absolute atomic E-state index is 12.0. The Bertz CT molecular complexity index is 1360. The van der Waals surface area contributed by atoms with E-state index in [-0.39, 0.29) is 12.1 Å². The predicted molar refractivity (Wildman–Crippen MR) is 145 cm³/mol. The number of methoxy groups -OCH3 is 2. The second kappa shape index (κ2) is 10.5. The molecule has 1 aliphatic heterocycles. The van der Waals surface area contributed by atoms with Gasteiger partial charge in [0, 0.05) is 36.9 Å². The number of rotatable bonds is 9. The molecule has 0 unspecified atom stereocenters. The lowest BCUT2D eigenvalue weighted by atomic mass is 9.96. The molecule has 0 radical (unpaired) electrons. The number of sulfonamides is 1. The largest absolute Gasteiger partial charge is 0.495 e. The van der Waals surface area contributed by atoms with Crippen LogP contribution in [-0.4, -0.2) is 50.2 Å². The minimum atomic E-state index is -3.52. The lowest BCUT2D eigenvalue weighted by Gasteiger charge is -2.29. The second-order valence-electron chi connectivity index (χ2n) is 8.73. The number of aromatic nitrogens is 2. The first-order valence-corrected chi connectivity index (χ1v) is 13.8. The van der Waals surface area contributed by atoms with Crippen molar-refractivity contribution in [1.29, 1.82) is 0 Å². The van der Waals surface area contributed by atoms with E-state index in [4.69, 9.17) is 21.7 Å². The molecule has 3 heterocycles. The molecule has 0 bridgehead atoms. The maximum Gasteiger partial charge on any atom is 0.229 e. The van der Waals surface area contributed by atoms with Crippen molar-refractivity contribution in [2.24, 2.45) is 0 Å². The monoisotopic (exact) mass is 529 g/mol. The standard InChI is InChI=1S/C25H31N5O4S2/c1-16-14-19(17(2)29(16)12-13-33-3)24-23(20-8-6-7-11-26-20)27-25(35)30(24)18-9-10-22(34-4)21(15-18)28-36(5,31)32/h6-11,14-15,23-24,28H,12-13H2,1-5H3,(H,27,35)/t23-,24-/m0/s1. The van der Waals surface area contributed by atoms with Gasteiger partial charge < -0.3 is 24.3 Å². The van der Waals surface area contributed by atoms with Crippen LogP contribution in [0.4, 0.5) is 11.4 Å². The zero-order chi connectivity index (χ0) is 26.0. The lowest BCUT2D eigenvalue weighted by molar-refractivity contribution is 0.186. The van der Waals surface area contributed by atoms with Gasteiger partial charge in [0.25, 0.3) is 0 Å². The molecular formula is C25H31N5O4S2. The van der Waals surface area contributed by atoms with Crippen molar-refractivity contribution >= 4 is 38.7 Å². The first-order valence-electron chi connectivity index (χ1n) is 11.5. The summed E-state index contributed by atoms with van der Waals surface area (Å²) in [4.78, 5) is 6.63. The van der Waals surface area contributed by atoms with E-state index in [1.165, 1.54) is 7.11 Å². The van der Waals surface area contributed by atoms with E-state index >= 15 is 0 Å². The highest BCUT2D eigenvalue weighted by Crippen LogP contribution is 2.44. The van der Waals surface area contributed by atoms with Crippen molar-refractivity contribution in [2.75, 3.05) is 36.7 Å². The highest BCUT2D eigenvalue weighted by atomic mass is 32.2. The molecule has 1 fully saturated rings. The van der Waals surface area contributed by atoms with E-state index in [1.54, 1.807) is 25.4 Å². The first kappa shape index (κ1) is 25.9. The van der Waals surface area contributed by atoms with Crippen LogP contribution in [0.25, 0.3) is 0 Å². The van der Waals surface area contributed by atoms with Crippen LogP contribution < -0.4 is 19.7 Å². The number of hydrogen-bond donors (Lipinski definition) is 2. The molecule has 1 aromatic carbocycles. The molecule has 3 aromatic rings. The van der Waals surface area contributed by atoms with E-state index < -0.39 is 10.0 Å². The van der Waals surface area contributed by atoms with Crippen molar-refractivity contribution in [3.63, 3.8) is 0 Å². The number of thiocarbonyl (C=S) groups is 1. The van der Waals surface area contributed by atoms with Gasteiger partial charge in [-0.15, -0.1) is 0 Å². The van der Waals surface area contributed by atoms with Crippen LogP contribution in [0.3, 0.4) is 0 Å². The van der Waals surface area contributed by atoms with Gasteiger partial charge in [0.05, 0.1) is 43.4 Å². The fourth-order valence-corrected chi connectivity index (χ4v) is 5.63. The van der Waals surface area contributed by atoms with Crippen molar-refractivity contribution in [3.05, 3.63) is 71.3 Å². The van der Waals surface area contributed by atoms with E-state index in [0.29, 0.717) is 23.2 Å². The van der Waals surface area contributed by atoms with E-state index in [9.17, 15) is 8.42 Å². The molecule has 0 aliphatic carbocycles. The van der Waals surface area contributed by atoms with Crippen LogP contribution in [0, 0.1) is 13.8 Å². The van der Waals surface area contributed by atoms with Gasteiger partial charge in [-0.05, 0) is 68.0 Å². The van der Waals surface area contributed by atoms with E-state index in [2.05, 4.69) is 39.5 Å². The number of ether oxygens (including phenoxy) is 2. The van der Waals surface area contributed by atoms with Crippen LogP contribution in [0.15, 0.2) is 48.7 Å². The summed E-state index contributed by atoms with van der Waals surface area (Å²) >= 11 is 5.83. The Kier molecular flexibility index (Phi) is 7.53.